The fraction of sp³-hybridized carbons (Fsp3) is 0.591. The van der Waals surface area contributed by atoms with Crippen LogP contribution < -0.4 is 10.2 Å². The van der Waals surface area contributed by atoms with Crippen molar-refractivity contribution in [3.05, 3.63) is 24.3 Å². The number of carbonyl (C=O) groups is 3. The molecule has 0 aromatic heterocycles. The molecule has 0 unspecified atom stereocenters. The van der Waals surface area contributed by atoms with Crippen molar-refractivity contribution in [1.82, 2.24) is 10.2 Å². The molecule has 7 nitrogen and oxygen atoms in total. The molecule has 1 aliphatic carbocycles. The predicted molar refractivity (Wildman–Crippen MR) is 116 cm³/mol. The summed E-state index contributed by atoms with van der Waals surface area (Å²) < 4.78 is 5.37. The first-order valence-electron chi connectivity index (χ1n) is 10.9. The monoisotopic (exact) mass is 431 g/mol. The van der Waals surface area contributed by atoms with Crippen LogP contribution in [-0.4, -0.2) is 60.3 Å². The first-order valence-corrected chi connectivity index (χ1v) is 11.9. The van der Waals surface area contributed by atoms with Gasteiger partial charge in [-0.3, -0.25) is 4.79 Å². The number of fused-ring (bicyclic) bond motifs is 1. The number of hydrogen-bond donors (Lipinski definition) is 1. The average Bonchev–Trinajstić information content (AvgIpc) is 3.28. The third kappa shape index (κ3) is 4.74. The van der Waals surface area contributed by atoms with Crippen LogP contribution in [0.25, 0.3) is 0 Å². The summed E-state index contributed by atoms with van der Waals surface area (Å²) in [5.41, 5.74) is 0.865. The molecule has 0 spiro atoms. The molecule has 8 heteroatoms. The van der Waals surface area contributed by atoms with Crippen molar-refractivity contribution >= 4 is 35.4 Å². The summed E-state index contributed by atoms with van der Waals surface area (Å²) in [5.74, 6) is 0.0978. The number of thioether (sulfide) groups is 1. The smallest absolute Gasteiger partial charge is 0.329 e. The van der Waals surface area contributed by atoms with Gasteiger partial charge in [-0.05, 0) is 37.8 Å². The predicted octanol–water partition coefficient (Wildman–Crippen LogP) is 3.18. The van der Waals surface area contributed by atoms with E-state index in [1.54, 1.807) is 21.6 Å². The molecule has 0 radical (unpaired) electrons. The van der Waals surface area contributed by atoms with Crippen LogP contribution in [0, 0.1) is 0 Å². The van der Waals surface area contributed by atoms with Gasteiger partial charge in [0.1, 0.15) is 6.04 Å². The van der Waals surface area contributed by atoms with Crippen molar-refractivity contribution in [1.29, 1.82) is 0 Å². The quantitative estimate of drug-likeness (QED) is 0.741. The number of urea groups is 1. The lowest BCUT2D eigenvalue weighted by Crippen LogP contribution is -2.50. The van der Waals surface area contributed by atoms with Crippen LogP contribution in [0.5, 0.6) is 0 Å². The molecule has 1 aromatic rings. The van der Waals surface area contributed by atoms with E-state index in [1.807, 2.05) is 24.3 Å². The zero-order valence-corrected chi connectivity index (χ0v) is 18.0. The maximum absolute atomic E-state index is 12.7. The Balaban J connectivity index is 1.31. The van der Waals surface area contributed by atoms with Crippen LogP contribution in [0.2, 0.25) is 0 Å². The number of esters is 1. The van der Waals surface area contributed by atoms with Crippen molar-refractivity contribution in [3.63, 3.8) is 0 Å². The highest BCUT2D eigenvalue weighted by Crippen LogP contribution is 2.34. The van der Waals surface area contributed by atoms with E-state index in [0.29, 0.717) is 19.5 Å². The summed E-state index contributed by atoms with van der Waals surface area (Å²) in [7, 11) is 0. The van der Waals surface area contributed by atoms with E-state index in [2.05, 4.69) is 5.32 Å². The lowest BCUT2D eigenvalue weighted by atomic mass is 9.96. The Bertz CT molecular complexity index is 796. The molecule has 2 heterocycles. The topological polar surface area (TPSA) is 79.0 Å². The number of ether oxygens (including phenoxy) is 1. The first-order chi connectivity index (χ1) is 14.6. The van der Waals surface area contributed by atoms with Gasteiger partial charge in [-0.1, -0.05) is 31.4 Å². The maximum Gasteiger partial charge on any atom is 0.329 e. The van der Waals surface area contributed by atoms with Gasteiger partial charge in [0.15, 0.2) is 6.61 Å². The molecule has 1 saturated heterocycles. The number of rotatable bonds is 4. The number of carbonyl (C=O) groups excluding carboxylic acids is 3. The fourth-order valence-electron chi connectivity index (χ4n) is 4.49. The van der Waals surface area contributed by atoms with Gasteiger partial charge in [0.25, 0.3) is 5.91 Å². The molecule has 30 heavy (non-hydrogen) atoms. The van der Waals surface area contributed by atoms with Crippen molar-refractivity contribution in [2.75, 3.05) is 30.3 Å². The number of para-hydroxylation sites is 1. The molecule has 1 N–H and O–H groups in total. The Morgan fingerprint density at radius 2 is 1.83 bits per heavy atom. The summed E-state index contributed by atoms with van der Waals surface area (Å²) in [5, 5.41) is 3.07. The Hall–Kier alpha value is -2.22. The summed E-state index contributed by atoms with van der Waals surface area (Å²) in [6.45, 7) is 0.840. The van der Waals surface area contributed by atoms with Crippen molar-refractivity contribution in [2.24, 2.45) is 0 Å². The minimum absolute atomic E-state index is 0.186. The largest absolute Gasteiger partial charge is 0.454 e. The number of nitrogens with zero attached hydrogens (tertiary/aromatic N) is 2. The van der Waals surface area contributed by atoms with E-state index in [0.717, 1.165) is 48.4 Å². The lowest BCUT2D eigenvalue weighted by Gasteiger charge is -2.30. The van der Waals surface area contributed by atoms with Gasteiger partial charge in [0, 0.05) is 29.8 Å². The highest BCUT2D eigenvalue weighted by molar-refractivity contribution is 7.99. The maximum atomic E-state index is 12.7. The van der Waals surface area contributed by atoms with Crippen molar-refractivity contribution in [2.45, 2.75) is 61.9 Å². The van der Waals surface area contributed by atoms with Gasteiger partial charge in [0.2, 0.25) is 0 Å². The minimum atomic E-state index is -0.606. The minimum Gasteiger partial charge on any atom is -0.454 e. The van der Waals surface area contributed by atoms with Crippen molar-refractivity contribution in [3.8, 4) is 0 Å². The zero-order valence-electron chi connectivity index (χ0n) is 17.2. The van der Waals surface area contributed by atoms with Crippen LogP contribution >= 0.6 is 11.8 Å². The molecule has 3 amide bonds. The highest BCUT2D eigenvalue weighted by Gasteiger charge is 2.36. The normalized spacial score (nSPS) is 21.8. The van der Waals surface area contributed by atoms with Crippen LogP contribution in [0.15, 0.2) is 29.2 Å². The molecule has 2 aliphatic heterocycles. The van der Waals surface area contributed by atoms with Gasteiger partial charge in [-0.2, -0.15) is 0 Å². The summed E-state index contributed by atoms with van der Waals surface area (Å²) >= 11 is 1.72. The number of nitrogens with one attached hydrogen (secondary N) is 1. The summed E-state index contributed by atoms with van der Waals surface area (Å²) in [4.78, 5) is 42.4. The van der Waals surface area contributed by atoms with Crippen LogP contribution in [-0.2, 0) is 14.3 Å². The van der Waals surface area contributed by atoms with Gasteiger partial charge in [0.05, 0.1) is 5.69 Å². The average molecular weight is 432 g/mol. The first kappa shape index (κ1) is 21.0. The molecule has 1 aromatic carbocycles. The second-order valence-corrected chi connectivity index (χ2v) is 9.24. The number of amides is 3. The Morgan fingerprint density at radius 1 is 1.03 bits per heavy atom. The van der Waals surface area contributed by atoms with Gasteiger partial charge in [-0.25, -0.2) is 9.59 Å². The van der Waals surface area contributed by atoms with E-state index in [-0.39, 0.29) is 24.6 Å². The molecule has 1 atom stereocenters. The Kier molecular flexibility index (Phi) is 6.82. The second-order valence-electron chi connectivity index (χ2n) is 8.11. The number of anilines is 1. The van der Waals surface area contributed by atoms with E-state index in [9.17, 15) is 14.4 Å². The number of likely N-dealkylation sites (tertiary alicyclic amines) is 1. The molecule has 162 valence electrons. The van der Waals surface area contributed by atoms with Crippen LogP contribution in [0.3, 0.4) is 0 Å². The SMILES string of the molecule is O=C(OCC(=O)N1CCSc2ccccc21)[C@H]1CCCN1C(=O)NC1CCCCC1. The number of hydrogen-bond acceptors (Lipinski definition) is 5. The third-order valence-corrected chi connectivity index (χ3v) is 7.13. The molecule has 4 rings (SSSR count). The molecular weight excluding hydrogens is 402 g/mol. The van der Waals surface area contributed by atoms with E-state index in [1.165, 1.54) is 6.42 Å². The highest BCUT2D eigenvalue weighted by atomic mass is 32.2. The summed E-state index contributed by atoms with van der Waals surface area (Å²) in [6.07, 6.45) is 6.83. The third-order valence-electron chi connectivity index (χ3n) is 6.09. The number of benzene rings is 1. The molecule has 1 saturated carbocycles. The summed E-state index contributed by atoms with van der Waals surface area (Å²) in [6, 6.07) is 7.16. The van der Waals surface area contributed by atoms with Gasteiger partial charge < -0.3 is 19.9 Å². The van der Waals surface area contributed by atoms with E-state index < -0.39 is 12.0 Å². The van der Waals surface area contributed by atoms with Crippen LogP contribution in [0.1, 0.15) is 44.9 Å². The molecule has 0 bridgehead atoms. The fourth-order valence-corrected chi connectivity index (χ4v) is 5.49. The van der Waals surface area contributed by atoms with Gasteiger partial charge >= 0.3 is 12.0 Å². The second kappa shape index (κ2) is 9.73. The molecular formula is C22H29N3O4S. The Labute approximate surface area is 181 Å². The van der Waals surface area contributed by atoms with Crippen LogP contribution in [0.4, 0.5) is 10.5 Å². The lowest BCUT2D eigenvalue weighted by molar-refractivity contribution is -0.151. The standard InChI is InChI=1S/C22H29N3O4S/c26-20(24-13-14-30-19-11-5-4-9-17(19)24)15-29-21(27)18-10-6-12-25(18)22(28)23-16-7-2-1-3-8-16/h4-5,9,11,16,18H,1-3,6-8,10,12-15H2,(H,23,28)/t18-/m1/s1. The van der Waals surface area contributed by atoms with E-state index in [4.69, 9.17) is 4.74 Å². The molecule has 3 aliphatic rings. The van der Waals surface area contributed by atoms with Crippen molar-refractivity contribution < 1.29 is 19.1 Å². The molecule has 2 fully saturated rings. The zero-order chi connectivity index (χ0) is 20.9. The Morgan fingerprint density at radius 3 is 2.67 bits per heavy atom. The van der Waals surface area contributed by atoms with E-state index >= 15 is 0 Å². The van der Waals surface area contributed by atoms with Gasteiger partial charge in [-0.15, -0.1) is 11.8 Å².